The van der Waals surface area contributed by atoms with Gasteiger partial charge < -0.3 is 10.1 Å². The van der Waals surface area contributed by atoms with E-state index in [-0.39, 0.29) is 0 Å². The average molecular weight is 378 g/mol. The third-order valence-electron chi connectivity index (χ3n) is 4.61. The first-order valence-electron chi connectivity index (χ1n) is 8.20. The largest absolute Gasteiger partial charge is 0.497 e. The fourth-order valence-electron chi connectivity index (χ4n) is 3.26. The van der Waals surface area contributed by atoms with Gasteiger partial charge in [-0.2, -0.15) is 5.10 Å². The minimum absolute atomic E-state index is 0.291. The third kappa shape index (κ3) is 2.45. The molecule has 2 N–H and O–H groups in total. The number of methoxy groups -OCH3 is 1. The van der Waals surface area contributed by atoms with Crippen molar-refractivity contribution in [2.24, 2.45) is 0 Å². The monoisotopic (exact) mass is 378 g/mol. The molecule has 0 bridgehead atoms. The molecule has 4 aromatic rings. The number of ether oxygens (including phenoxy) is 1. The van der Waals surface area contributed by atoms with E-state index in [1.807, 2.05) is 24.3 Å². The lowest BCUT2D eigenvalue weighted by Gasteiger charge is -2.11. The number of fused-ring (bicyclic) bond motifs is 4. The van der Waals surface area contributed by atoms with Gasteiger partial charge in [-0.15, -0.1) is 0 Å². The average Bonchev–Trinajstić information content (AvgIpc) is 3.27. The highest BCUT2D eigenvalue weighted by molar-refractivity contribution is 7.94. The maximum atomic E-state index is 12.1. The number of H-pyrrole nitrogens is 1. The summed E-state index contributed by atoms with van der Waals surface area (Å²) in [5.74, 6) is 1.31. The molecule has 1 aliphatic rings. The quantitative estimate of drug-likeness (QED) is 0.565. The van der Waals surface area contributed by atoms with Gasteiger partial charge in [0.1, 0.15) is 11.3 Å². The van der Waals surface area contributed by atoms with Gasteiger partial charge in [0.05, 0.1) is 23.7 Å². The number of rotatable bonds is 3. The van der Waals surface area contributed by atoms with Gasteiger partial charge in [-0.1, -0.05) is 6.07 Å². The SMILES string of the molecule is COc1ccc2nc(Nc3ccc4c(c3)S(=O)(=O)C=C4)c3[nH]ncc3c2c1. The van der Waals surface area contributed by atoms with E-state index < -0.39 is 9.84 Å². The lowest BCUT2D eigenvalue weighted by molar-refractivity contribution is 0.415. The van der Waals surface area contributed by atoms with Crippen molar-refractivity contribution < 1.29 is 13.2 Å². The van der Waals surface area contributed by atoms with Gasteiger partial charge in [-0.25, -0.2) is 13.4 Å². The number of benzene rings is 2. The number of nitrogens with zero attached hydrogens (tertiary/aromatic N) is 2. The molecular weight excluding hydrogens is 364 g/mol. The molecule has 1 aliphatic heterocycles. The van der Waals surface area contributed by atoms with Crippen molar-refractivity contribution in [1.82, 2.24) is 15.2 Å². The maximum Gasteiger partial charge on any atom is 0.200 e. The number of anilines is 2. The normalized spacial score (nSPS) is 14.6. The van der Waals surface area contributed by atoms with Crippen molar-refractivity contribution in [2.75, 3.05) is 12.4 Å². The summed E-state index contributed by atoms with van der Waals surface area (Å²) < 4.78 is 29.5. The summed E-state index contributed by atoms with van der Waals surface area (Å²) in [5, 5.41) is 13.4. The molecule has 5 rings (SSSR count). The fraction of sp³-hybridized carbons (Fsp3) is 0.0526. The van der Waals surface area contributed by atoms with E-state index in [9.17, 15) is 8.42 Å². The highest BCUT2D eigenvalue weighted by atomic mass is 32.2. The van der Waals surface area contributed by atoms with E-state index in [0.29, 0.717) is 22.0 Å². The Hall–Kier alpha value is -3.39. The Bertz CT molecular complexity index is 1360. The molecule has 0 radical (unpaired) electrons. The summed E-state index contributed by atoms with van der Waals surface area (Å²) in [6, 6.07) is 10.9. The van der Waals surface area contributed by atoms with Crippen LogP contribution in [-0.2, 0) is 9.84 Å². The van der Waals surface area contributed by atoms with E-state index in [1.165, 1.54) is 5.41 Å². The van der Waals surface area contributed by atoms with Crippen LogP contribution in [0.3, 0.4) is 0 Å². The molecular formula is C19H14N4O3S. The van der Waals surface area contributed by atoms with E-state index in [1.54, 1.807) is 31.5 Å². The molecule has 0 saturated heterocycles. The molecule has 2 aromatic carbocycles. The fourth-order valence-corrected chi connectivity index (χ4v) is 4.49. The summed E-state index contributed by atoms with van der Waals surface area (Å²) >= 11 is 0. The van der Waals surface area contributed by atoms with Gasteiger partial charge in [0.2, 0.25) is 9.84 Å². The zero-order valence-corrected chi connectivity index (χ0v) is 15.0. The summed E-state index contributed by atoms with van der Waals surface area (Å²) in [6.45, 7) is 0. The molecule has 0 saturated carbocycles. The van der Waals surface area contributed by atoms with Gasteiger partial charge in [-0.3, -0.25) is 5.10 Å². The summed E-state index contributed by atoms with van der Waals surface area (Å²) in [5.41, 5.74) is 2.84. The predicted molar refractivity (Wildman–Crippen MR) is 104 cm³/mol. The van der Waals surface area contributed by atoms with Gasteiger partial charge >= 0.3 is 0 Å². The lowest BCUT2D eigenvalue weighted by atomic mass is 10.1. The molecule has 8 heteroatoms. The van der Waals surface area contributed by atoms with Crippen molar-refractivity contribution in [3.8, 4) is 5.75 Å². The van der Waals surface area contributed by atoms with Crippen LogP contribution in [0, 0.1) is 0 Å². The molecule has 0 aliphatic carbocycles. The standard InChI is InChI=1S/C19H14N4O3S/c1-26-13-4-5-16-14(9-13)15-10-20-23-18(15)19(22-16)21-12-3-2-11-6-7-27(24,25)17(11)8-12/h2-10H,1H3,(H,20,23)(H,21,22). The zero-order chi connectivity index (χ0) is 18.6. The van der Waals surface area contributed by atoms with Crippen LogP contribution in [0.1, 0.15) is 5.56 Å². The van der Waals surface area contributed by atoms with E-state index in [2.05, 4.69) is 20.5 Å². The van der Waals surface area contributed by atoms with Crippen molar-refractivity contribution in [1.29, 1.82) is 0 Å². The van der Waals surface area contributed by atoms with Gasteiger partial charge in [0, 0.05) is 21.9 Å². The smallest absolute Gasteiger partial charge is 0.200 e. The number of nitrogens with one attached hydrogen (secondary N) is 2. The summed E-state index contributed by atoms with van der Waals surface area (Å²) in [7, 11) is -1.75. The molecule has 2 aromatic heterocycles. The Labute approximate surface area is 154 Å². The van der Waals surface area contributed by atoms with Gasteiger partial charge in [0.25, 0.3) is 0 Å². The number of hydrogen-bond donors (Lipinski definition) is 2. The highest BCUT2D eigenvalue weighted by Gasteiger charge is 2.21. The zero-order valence-electron chi connectivity index (χ0n) is 14.2. The molecule has 3 heterocycles. The molecule has 134 valence electrons. The Morgan fingerprint density at radius 3 is 2.85 bits per heavy atom. The Kier molecular flexibility index (Phi) is 3.26. The first-order valence-corrected chi connectivity index (χ1v) is 9.75. The topological polar surface area (TPSA) is 97.0 Å². The van der Waals surface area contributed by atoms with Gasteiger partial charge in [0.15, 0.2) is 5.82 Å². The molecule has 27 heavy (non-hydrogen) atoms. The summed E-state index contributed by atoms with van der Waals surface area (Å²) in [6.07, 6.45) is 3.34. The second-order valence-corrected chi connectivity index (χ2v) is 8.03. The number of aromatic amines is 1. The number of hydrogen-bond acceptors (Lipinski definition) is 6. The Morgan fingerprint density at radius 2 is 2.00 bits per heavy atom. The van der Waals surface area contributed by atoms with Crippen LogP contribution in [0.15, 0.2) is 52.9 Å². The molecule has 0 spiro atoms. The van der Waals surface area contributed by atoms with Gasteiger partial charge in [-0.05, 0) is 42.0 Å². The first kappa shape index (κ1) is 15.8. The van der Waals surface area contributed by atoms with Crippen LogP contribution >= 0.6 is 0 Å². The van der Waals surface area contributed by atoms with Crippen molar-refractivity contribution in [2.45, 2.75) is 4.90 Å². The van der Waals surface area contributed by atoms with Crippen LogP contribution < -0.4 is 10.1 Å². The number of sulfone groups is 1. The summed E-state index contributed by atoms with van der Waals surface area (Å²) in [4.78, 5) is 4.96. The molecule has 0 amide bonds. The van der Waals surface area contributed by atoms with Crippen LogP contribution in [0.25, 0.3) is 27.9 Å². The van der Waals surface area contributed by atoms with Crippen LogP contribution in [0.5, 0.6) is 5.75 Å². The number of aromatic nitrogens is 3. The maximum absolute atomic E-state index is 12.1. The van der Waals surface area contributed by atoms with E-state index in [0.717, 1.165) is 27.6 Å². The van der Waals surface area contributed by atoms with Crippen molar-refractivity contribution >= 4 is 49.2 Å². The van der Waals surface area contributed by atoms with Crippen LogP contribution in [0.4, 0.5) is 11.5 Å². The molecule has 7 nitrogen and oxygen atoms in total. The minimum Gasteiger partial charge on any atom is -0.497 e. The Balaban J connectivity index is 1.65. The van der Waals surface area contributed by atoms with E-state index in [4.69, 9.17) is 4.74 Å². The molecule has 0 fully saturated rings. The van der Waals surface area contributed by atoms with E-state index >= 15 is 0 Å². The molecule has 0 atom stereocenters. The van der Waals surface area contributed by atoms with Crippen molar-refractivity contribution in [3.63, 3.8) is 0 Å². The molecule has 0 unspecified atom stereocenters. The highest BCUT2D eigenvalue weighted by Crippen LogP contribution is 2.34. The minimum atomic E-state index is -3.37. The van der Waals surface area contributed by atoms with Crippen LogP contribution in [-0.4, -0.2) is 30.7 Å². The lowest BCUT2D eigenvalue weighted by Crippen LogP contribution is -1.99. The first-order chi connectivity index (χ1) is 13.0. The number of pyridine rings is 1. The second kappa shape index (κ2) is 5.55. The Morgan fingerprint density at radius 1 is 1.11 bits per heavy atom. The third-order valence-corrected chi connectivity index (χ3v) is 6.07. The van der Waals surface area contributed by atoms with Crippen LogP contribution in [0.2, 0.25) is 0 Å². The predicted octanol–water partition coefficient (Wildman–Crippen LogP) is 3.62. The van der Waals surface area contributed by atoms with Crippen molar-refractivity contribution in [3.05, 3.63) is 53.6 Å². The second-order valence-electron chi connectivity index (χ2n) is 6.23.